The van der Waals surface area contributed by atoms with E-state index in [2.05, 4.69) is 31.9 Å². The van der Waals surface area contributed by atoms with E-state index in [1.807, 2.05) is 54.6 Å². The lowest BCUT2D eigenvalue weighted by molar-refractivity contribution is -0.124. The standard InChI is InChI=1S/C40H48N5O10P/c46-34(28-55-56-52)27-53-23-7-21-42-40(51)54-26-29-14-18-33(19-15-29)44-38(49)24-43-37(48)13-6-5-12-36(47)41-22-20-39(50)45-25-32-10-2-1-8-30(32)16-17-31-9-3-4-11-35(31)45/h1-4,8-11,14-19,34,46H,5-7,12-13,20-28H2,(H,41,47)(H,42,51)(H,43,48)(H,44,49)/b17-16-. The highest BCUT2D eigenvalue weighted by molar-refractivity contribution is 7.17. The van der Waals surface area contributed by atoms with Crippen molar-refractivity contribution in [2.75, 3.05) is 49.7 Å². The third-order valence-electron chi connectivity index (χ3n) is 8.49. The number of nitrogens with zero attached hydrogens (tertiary/aromatic N) is 1. The second-order valence-corrected chi connectivity index (χ2v) is 13.3. The van der Waals surface area contributed by atoms with Crippen molar-refractivity contribution in [1.29, 1.82) is 0 Å². The summed E-state index contributed by atoms with van der Waals surface area (Å²) in [4.78, 5) is 64.1. The molecule has 1 aliphatic heterocycles. The Morgan fingerprint density at radius 1 is 0.750 bits per heavy atom. The molecular formula is C40H48N5O10P. The van der Waals surface area contributed by atoms with Gasteiger partial charge in [-0.3, -0.25) is 23.7 Å². The quantitative estimate of drug-likeness (QED) is 0.0699. The zero-order chi connectivity index (χ0) is 40.0. The molecule has 3 aromatic rings. The summed E-state index contributed by atoms with van der Waals surface area (Å²) in [7, 11) is -0.507. The summed E-state index contributed by atoms with van der Waals surface area (Å²) < 4.78 is 25.1. The van der Waals surface area contributed by atoms with E-state index in [1.165, 1.54) is 0 Å². The Kier molecular flexibility index (Phi) is 18.6. The first-order chi connectivity index (χ1) is 27.2. The molecular weight excluding hydrogens is 741 g/mol. The first kappa shape index (κ1) is 43.3. The van der Waals surface area contributed by atoms with Gasteiger partial charge < -0.3 is 40.7 Å². The number of ether oxygens (including phenoxy) is 2. The number of fused-ring (bicyclic) bond motifs is 2. The summed E-state index contributed by atoms with van der Waals surface area (Å²) in [6.45, 7) is 0.942. The molecule has 0 bridgehead atoms. The van der Waals surface area contributed by atoms with Gasteiger partial charge in [0.15, 0.2) is 0 Å². The van der Waals surface area contributed by atoms with Crippen molar-refractivity contribution in [2.24, 2.45) is 0 Å². The Morgan fingerprint density at radius 3 is 2.21 bits per heavy atom. The van der Waals surface area contributed by atoms with Gasteiger partial charge in [-0.2, -0.15) is 0 Å². The second-order valence-electron chi connectivity index (χ2n) is 12.9. The summed E-state index contributed by atoms with van der Waals surface area (Å²) in [6, 6.07) is 22.4. The zero-order valence-electron chi connectivity index (χ0n) is 31.1. The van der Waals surface area contributed by atoms with Crippen LogP contribution in [0.2, 0.25) is 0 Å². The Balaban J connectivity index is 1.03. The molecule has 0 aromatic heterocycles. The van der Waals surface area contributed by atoms with Gasteiger partial charge >= 0.3 is 14.8 Å². The van der Waals surface area contributed by atoms with Gasteiger partial charge in [0.1, 0.15) is 12.7 Å². The third kappa shape index (κ3) is 15.7. The van der Waals surface area contributed by atoms with Crippen molar-refractivity contribution in [3.63, 3.8) is 0 Å². The van der Waals surface area contributed by atoms with Crippen molar-refractivity contribution < 1.29 is 47.6 Å². The average molecular weight is 790 g/mol. The number of hydrogen-bond donors (Lipinski definition) is 5. The number of hydrogen-bond acceptors (Lipinski definition) is 10. The number of rotatable bonds is 22. The minimum absolute atomic E-state index is 0.0153. The van der Waals surface area contributed by atoms with Crippen molar-refractivity contribution in [3.8, 4) is 0 Å². The van der Waals surface area contributed by atoms with E-state index < -0.39 is 26.8 Å². The molecule has 0 saturated carbocycles. The molecule has 4 rings (SSSR count). The molecule has 1 atom stereocenters. The third-order valence-corrected chi connectivity index (χ3v) is 8.75. The average Bonchev–Trinajstić information content (AvgIpc) is 3.19. The molecule has 1 heterocycles. The van der Waals surface area contributed by atoms with Crippen molar-refractivity contribution in [3.05, 3.63) is 95.1 Å². The summed E-state index contributed by atoms with van der Waals surface area (Å²) >= 11 is 0. The fraction of sp³-hybridized carbons (Fsp3) is 0.375. The SMILES string of the molecule is O=POCC(O)COCCCNC(=O)OCc1ccc(NC(=O)CNC(=O)CCCCC(=O)NCCC(=O)N2Cc3ccccc3/C=C\c3ccccc32)cc1. The molecule has 15 nitrogen and oxygen atoms in total. The van der Waals surface area contributed by atoms with E-state index in [9.17, 15) is 33.6 Å². The second kappa shape index (κ2) is 24.1. The number of benzene rings is 3. The van der Waals surface area contributed by atoms with Crippen molar-refractivity contribution in [2.45, 2.75) is 57.8 Å². The normalized spacial score (nSPS) is 12.9. The highest BCUT2D eigenvalue weighted by Crippen LogP contribution is 2.29. The maximum absolute atomic E-state index is 13.3. The monoisotopic (exact) mass is 789 g/mol. The summed E-state index contributed by atoms with van der Waals surface area (Å²) in [5.41, 5.74) is 5.06. The minimum atomic E-state index is -0.888. The number of aliphatic hydroxyl groups excluding tert-OH is 1. The number of carbonyl (C=O) groups is 5. The molecule has 0 spiro atoms. The molecule has 0 fully saturated rings. The maximum Gasteiger partial charge on any atom is 0.407 e. The molecule has 0 radical (unpaired) electrons. The summed E-state index contributed by atoms with van der Waals surface area (Å²) in [6.07, 6.45) is 4.51. The van der Waals surface area contributed by atoms with Gasteiger partial charge in [0.05, 0.1) is 32.0 Å². The van der Waals surface area contributed by atoms with E-state index in [0.29, 0.717) is 50.2 Å². The first-order valence-corrected chi connectivity index (χ1v) is 19.1. The number of anilines is 2. The molecule has 1 aliphatic rings. The number of aliphatic hydroxyl groups is 1. The van der Waals surface area contributed by atoms with Crippen LogP contribution in [0.1, 0.15) is 60.8 Å². The van der Waals surface area contributed by atoms with Crippen molar-refractivity contribution in [1.82, 2.24) is 16.0 Å². The van der Waals surface area contributed by atoms with Gasteiger partial charge in [-0.05, 0) is 59.7 Å². The van der Waals surface area contributed by atoms with Gasteiger partial charge in [-0.25, -0.2) is 9.36 Å². The van der Waals surface area contributed by atoms with Crippen LogP contribution >= 0.6 is 8.69 Å². The fourth-order valence-electron chi connectivity index (χ4n) is 5.58. The number of para-hydroxylation sites is 1. The zero-order valence-corrected chi connectivity index (χ0v) is 32.0. The predicted molar refractivity (Wildman–Crippen MR) is 210 cm³/mol. The number of unbranched alkanes of at least 4 members (excludes halogenated alkanes) is 1. The van der Waals surface area contributed by atoms with Crippen LogP contribution in [0.15, 0.2) is 72.8 Å². The molecule has 5 amide bonds. The lowest BCUT2D eigenvalue weighted by Crippen LogP contribution is -2.35. The smallest absolute Gasteiger partial charge is 0.407 e. The highest BCUT2D eigenvalue weighted by Gasteiger charge is 2.21. The molecule has 16 heteroatoms. The van der Waals surface area contributed by atoms with Crippen LogP contribution in [0, 0.1) is 0 Å². The highest BCUT2D eigenvalue weighted by atomic mass is 31.1. The van der Waals surface area contributed by atoms with Crippen LogP contribution < -0.4 is 26.2 Å². The lowest BCUT2D eigenvalue weighted by atomic mass is 10.0. The predicted octanol–water partition coefficient (Wildman–Crippen LogP) is 4.74. The Labute approximate surface area is 327 Å². The molecule has 0 aliphatic carbocycles. The van der Waals surface area contributed by atoms with Crippen LogP contribution in [0.5, 0.6) is 0 Å². The Morgan fingerprint density at radius 2 is 1.45 bits per heavy atom. The lowest BCUT2D eigenvalue weighted by Gasteiger charge is -2.27. The Hall–Kier alpha value is -5.47. The summed E-state index contributed by atoms with van der Waals surface area (Å²) in [5, 5.41) is 20.2. The maximum atomic E-state index is 13.3. The van der Waals surface area contributed by atoms with Crippen LogP contribution in [0.3, 0.4) is 0 Å². The number of nitrogens with one attached hydrogen (secondary N) is 4. The van der Waals surface area contributed by atoms with E-state index in [-0.39, 0.29) is 69.9 Å². The van der Waals surface area contributed by atoms with Gasteiger partial charge in [0.25, 0.3) is 0 Å². The van der Waals surface area contributed by atoms with Crippen molar-refractivity contribution >= 4 is 61.9 Å². The topological polar surface area (TPSA) is 202 Å². The Bertz CT molecular complexity index is 1810. The van der Waals surface area contributed by atoms with E-state index in [0.717, 1.165) is 22.4 Å². The molecule has 3 aromatic carbocycles. The largest absolute Gasteiger partial charge is 0.445 e. The van der Waals surface area contributed by atoms with Crippen LogP contribution in [-0.4, -0.2) is 80.4 Å². The first-order valence-electron chi connectivity index (χ1n) is 18.4. The van der Waals surface area contributed by atoms with Crippen LogP contribution in [0.25, 0.3) is 12.2 Å². The molecule has 0 saturated heterocycles. The van der Waals surface area contributed by atoms with Gasteiger partial charge in [-0.15, -0.1) is 0 Å². The van der Waals surface area contributed by atoms with E-state index in [4.69, 9.17) is 9.47 Å². The molecule has 1 unspecified atom stereocenters. The minimum Gasteiger partial charge on any atom is -0.445 e. The van der Waals surface area contributed by atoms with E-state index >= 15 is 0 Å². The molecule has 56 heavy (non-hydrogen) atoms. The fourth-order valence-corrected chi connectivity index (χ4v) is 5.81. The number of carbonyl (C=O) groups excluding carboxylic acids is 5. The van der Waals surface area contributed by atoms with Gasteiger partial charge in [0.2, 0.25) is 23.6 Å². The van der Waals surface area contributed by atoms with Gasteiger partial charge in [-0.1, -0.05) is 66.7 Å². The van der Waals surface area contributed by atoms with Gasteiger partial charge in [0, 0.05) is 44.6 Å². The van der Waals surface area contributed by atoms with Crippen LogP contribution in [-0.2, 0) is 50.9 Å². The molecule has 298 valence electrons. The summed E-state index contributed by atoms with van der Waals surface area (Å²) in [5.74, 6) is -1.01. The number of amides is 5. The van der Waals surface area contributed by atoms with E-state index in [1.54, 1.807) is 29.2 Å². The number of alkyl carbamates (subject to hydrolysis) is 1. The van der Waals surface area contributed by atoms with Crippen LogP contribution in [0.4, 0.5) is 16.2 Å². The molecule has 5 N–H and O–H groups in total.